The maximum atomic E-state index is 6.01. The van der Waals surface area contributed by atoms with Crippen molar-refractivity contribution in [3.8, 4) is 17.2 Å². The van der Waals surface area contributed by atoms with E-state index in [1.807, 2.05) is 49.5 Å². The molecule has 2 rings (SSSR count). The highest BCUT2D eigenvalue weighted by Gasteiger charge is 2.16. The van der Waals surface area contributed by atoms with Crippen molar-refractivity contribution in [3.05, 3.63) is 52.5 Å². The van der Waals surface area contributed by atoms with Crippen LogP contribution >= 0.6 is 15.9 Å². The van der Waals surface area contributed by atoms with E-state index < -0.39 is 0 Å². The molecular formula is C16H18BrNO2. The Balaban J connectivity index is 2.40. The van der Waals surface area contributed by atoms with Crippen LogP contribution in [0.4, 0.5) is 0 Å². The third-order valence-electron chi connectivity index (χ3n) is 3.14. The third-order valence-corrected chi connectivity index (χ3v) is 3.63. The predicted octanol–water partition coefficient (Wildman–Crippen LogP) is 4.53. The highest BCUT2D eigenvalue weighted by molar-refractivity contribution is 9.10. The number of benzene rings is 2. The molecule has 0 bridgehead atoms. The Kier molecular flexibility index (Phi) is 5.04. The fourth-order valence-corrected chi connectivity index (χ4v) is 2.40. The predicted molar refractivity (Wildman–Crippen MR) is 84.7 cm³/mol. The first-order valence-electron chi connectivity index (χ1n) is 6.43. The molecule has 4 heteroatoms. The molecule has 0 spiro atoms. The van der Waals surface area contributed by atoms with Gasteiger partial charge >= 0.3 is 0 Å². The molecule has 2 aromatic rings. The van der Waals surface area contributed by atoms with Crippen LogP contribution in [0.1, 0.15) is 18.5 Å². The zero-order valence-corrected chi connectivity index (χ0v) is 13.4. The summed E-state index contributed by atoms with van der Waals surface area (Å²) in [6.45, 7) is 2.08. The summed E-state index contributed by atoms with van der Waals surface area (Å²) in [7, 11) is 3.59. The van der Waals surface area contributed by atoms with Gasteiger partial charge in [0, 0.05) is 10.5 Å². The number of rotatable bonds is 5. The molecule has 0 saturated heterocycles. The molecule has 0 aliphatic rings. The van der Waals surface area contributed by atoms with Gasteiger partial charge in [0.05, 0.1) is 12.7 Å². The van der Waals surface area contributed by atoms with Gasteiger partial charge in [0.1, 0.15) is 17.2 Å². The largest absolute Gasteiger partial charge is 0.496 e. The summed E-state index contributed by atoms with van der Waals surface area (Å²) in [6.07, 6.45) is 0. The Morgan fingerprint density at radius 1 is 1.10 bits per heavy atom. The van der Waals surface area contributed by atoms with Gasteiger partial charge in [0.25, 0.3) is 0 Å². The fourth-order valence-electron chi connectivity index (χ4n) is 2.02. The maximum absolute atomic E-state index is 6.01. The second kappa shape index (κ2) is 6.77. The van der Waals surface area contributed by atoms with Crippen LogP contribution in [0.2, 0.25) is 0 Å². The number of methoxy groups -OCH3 is 1. The summed E-state index contributed by atoms with van der Waals surface area (Å²) >= 11 is 3.45. The van der Waals surface area contributed by atoms with Gasteiger partial charge in [0.15, 0.2) is 0 Å². The van der Waals surface area contributed by atoms with Crippen LogP contribution in [0, 0.1) is 0 Å². The number of hydrogen-bond acceptors (Lipinski definition) is 3. The van der Waals surface area contributed by atoms with Crippen LogP contribution in [-0.2, 0) is 0 Å². The van der Waals surface area contributed by atoms with Crippen molar-refractivity contribution in [3.63, 3.8) is 0 Å². The molecule has 1 N–H and O–H groups in total. The minimum Gasteiger partial charge on any atom is -0.496 e. The summed E-state index contributed by atoms with van der Waals surface area (Å²) in [5.41, 5.74) is 1.01. The van der Waals surface area contributed by atoms with E-state index in [0.29, 0.717) is 0 Å². The van der Waals surface area contributed by atoms with Crippen molar-refractivity contribution < 1.29 is 9.47 Å². The SMILES string of the molecule is CNC(C)c1c(OC)cccc1Oc1cccc(Br)c1. The van der Waals surface area contributed by atoms with Crippen molar-refractivity contribution in [1.82, 2.24) is 5.32 Å². The zero-order valence-electron chi connectivity index (χ0n) is 11.8. The van der Waals surface area contributed by atoms with Crippen LogP contribution in [0.3, 0.4) is 0 Å². The lowest BCUT2D eigenvalue weighted by molar-refractivity contribution is 0.393. The fraction of sp³-hybridized carbons (Fsp3) is 0.250. The lowest BCUT2D eigenvalue weighted by atomic mass is 10.1. The summed E-state index contributed by atoms with van der Waals surface area (Å²) < 4.78 is 12.4. The molecule has 20 heavy (non-hydrogen) atoms. The topological polar surface area (TPSA) is 30.5 Å². The second-order valence-corrected chi connectivity index (χ2v) is 5.36. The van der Waals surface area contributed by atoms with E-state index in [4.69, 9.17) is 9.47 Å². The van der Waals surface area contributed by atoms with Crippen molar-refractivity contribution in [2.24, 2.45) is 0 Å². The highest BCUT2D eigenvalue weighted by Crippen LogP contribution is 2.36. The first-order valence-corrected chi connectivity index (χ1v) is 7.22. The molecule has 0 aliphatic carbocycles. The lowest BCUT2D eigenvalue weighted by Crippen LogP contribution is -2.14. The molecule has 1 atom stereocenters. The van der Waals surface area contributed by atoms with E-state index >= 15 is 0 Å². The Labute approximate surface area is 128 Å². The molecular weight excluding hydrogens is 318 g/mol. The van der Waals surface area contributed by atoms with Gasteiger partial charge in [-0.2, -0.15) is 0 Å². The number of hydrogen-bond donors (Lipinski definition) is 1. The van der Waals surface area contributed by atoms with Crippen molar-refractivity contribution in [2.75, 3.05) is 14.2 Å². The van der Waals surface area contributed by atoms with E-state index in [2.05, 4.69) is 28.2 Å². The van der Waals surface area contributed by atoms with Crippen molar-refractivity contribution >= 4 is 15.9 Å². The van der Waals surface area contributed by atoms with Crippen molar-refractivity contribution in [2.45, 2.75) is 13.0 Å². The number of nitrogens with one attached hydrogen (secondary N) is 1. The maximum Gasteiger partial charge on any atom is 0.135 e. The van der Waals surface area contributed by atoms with Gasteiger partial charge < -0.3 is 14.8 Å². The zero-order chi connectivity index (χ0) is 14.5. The summed E-state index contributed by atoms with van der Waals surface area (Å²) in [6, 6.07) is 13.7. The molecule has 106 valence electrons. The van der Waals surface area contributed by atoms with Gasteiger partial charge in [-0.3, -0.25) is 0 Å². The van der Waals surface area contributed by atoms with Crippen LogP contribution < -0.4 is 14.8 Å². The van der Waals surface area contributed by atoms with Crippen LogP contribution in [0.25, 0.3) is 0 Å². The van der Waals surface area contributed by atoms with Crippen LogP contribution in [0.15, 0.2) is 46.9 Å². The van der Waals surface area contributed by atoms with E-state index in [1.165, 1.54) is 0 Å². The Morgan fingerprint density at radius 3 is 2.45 bits per heavy atom. The monoisotopic (exact) mass is 335 g/mol. The van der Waals surface area contributed by atoms with Crippen molar-refractivity contribution in [1.29, 1.82) is 0 Å². The van der Waals surface area contributed by atoms with E-state index in [1.54, 1.807) is 7.11 Å². The molecule has 0 aliphatic heterocycles. The molecule has 2 aromatic carbocycles. The first kappa shape index (κ1) is 14.9. The minimum absolute atomic E-state index is 0.133. The minimum atomic E-state index is 0.133. The Hall–Kier alpha value is -1.52. The first-order chi connectivity index (χ1) is 9.65. The highest BCUT2D eigenvalue weighted by atomic mass is 79.9. The summed E-state index contributed by atoms with van der Waals surface area (Å²) in [5, 5.41) is 3.22. The average molecular weight is 336 g/mol. The van der Waals surface area contributed by atoms with Crippen LogP contribution in [-0.4, -0.2) is 14.2 Å². The Bertz CT molecular complexity index is 586. The quantitative estimate of drug-likeness (QED) is 0.870. The lowest BCUT2D eigenvalue weighted by Gasteiger charge is -2.19. The number of ether oxygens (including phenoxy) is 2. The van der Waals surface area contributed by atoms with Crippen LogP contribution in [0.5, 0.6) is 17.2 Å². The van der Waals surface area contributed by atoms with E-state index in [0.717, 1.165) is 27.3 Å². The van der Waals surface area contributed by atoms with E-state index in [9.17, 15) is 0 Å². The molecule has 0 heterocycles. The average Bonchev–Trinajstić information content (AvgIpc) is 2.46. The normalized spacial score (nSPS) is 12.0. The smallest absolute Gasteiger partial charge is 0.135 e. The van der Waals surface area contributed by atoms with Gasteiger partial charge in [0.2, 0.25) is 0 Å². The van der Waals surface area contributed by atoms with Gasteiger partial charge in [-0.1, -0.05) is 28.1 Å². The van der Waals surface area contributed by atoms with Gasteiger partial charge in [-0.05, 0) is 44.3 Å². The third kappa shape index (κ3) is 3.32. The molecule has 1 unspecified atom stereocenters. The molecule has 0 aromatic heterocycles. The molecule has 0 amide bonds. The van der Waals surface area contributed by atoms with Gasteiger partial charge in [-0.15, -0.1) is 0 Å². The second-order valence-electron chi connectivity index (χ2n) is 4.44. The standard InChI is InChI=1S/C16H18BrNO2/c1-11(18-2)16-14(19-3)8-5-9-15(16)20-13-7-4-6-12(17)10-13/h4-11,18H,1-3H3. The molecule has 0 fully saturated rings. The number of halogens is 1. The molecule has 0 radical (unpaired) electrons. The molecule has 3 nitrogen and oxygen atoms in total. The van der Waals surface area contributed by atoms with E-state index in [-0.39, 0.29) is 6.04 Å². The van der Waals surface area contributed by atoms with Gasteiger partial charge in [-0.25, -0.2) is 0 Å². The Morgan fingerprint density at radius 2 is 1.80 bits per heavy atom. The summed E-state index contributed by atoms with van der Waals surface area (Å²) in [5.74, 6) is 2.40. The summed E-state index contributed by atoms with van der Waals surface area (Å²) in [4.78, 5) is 0. The molecule has 0 saturated carbocycles.